The Balaban J connectivity index is 0.000000585. The van der Waals surface area contributed by atoms with Crippen molar-refractivity contribution in [2.75, 3.05) is 6.61 Å². The van der Waals surface area contributed by atoms with Crippen LogP contribution in [0.1, 0.15) is 51.7 Å². The molecular formula is C15H26O6P2+2. The first kappa shape index (κ1) is 22.3. The Labute approximate surface area is 139 Å². The van der Waals surface area contributed by atoms with E-state index in [0.29, 0.717) is 0 Å². The van der Waals surface area contributed by atoms with E-state index in [-0.39, 0.29) is 5.60 Å². The molecule has 0 spiro atoms. The Morgan fingerprint density at radius 2 is 1.52 bits per heavy atom. The molecule has 0 radical (unpaired) electrons. The van der Waals surface area contributed by atoms with Crippen LogP contribution in [-0.2, 0) is 30.2 Å². The van der Waals surface area contributed by atoms with Gasteiger partial charge in [-0.3, -0.25) is 0 Å². The molecule has 2 unspecified atom stereocenters. The van der Waals surface area contributed by atoms with Gasteiger partial charge in [-0.25, -0.2) is 0 Å². The fraction of sp³-hybridized carbons (Fsp3) is 0.600. The van der Waals surface area contributed by atoms with Crippen molar-refractivity contribution in [1.29, 1.82) is 0 Å². The first-order chi connectivity index (χ1) is 10.9. The minimum absolute atomic E-state index is 0.0820. The highest BCUT2D eigenvalue weighted by atomic mass is 31.2. The van der Waals surface area contributed by atoms with Gasteiger partial charge in [0.15, 0.2) is 4.31 Å². The summed E-state index contributed by atoms with van der Waals surface area (Å²) in [6.07, 6.45) is 3.15. The minimum Gasteiger partial charge on any atom is -0.371 e. The minimum atomic E-state index is -2.92. The SMILES string of the molecule is CCOC(CC)(CC)c1ccccc1CC.O=[P+](O)O[P+](=O)O. The molecule has 23 heavy (non-hydrogen) atoms. The highest BCUT2D eigenvalue weighted by Crippen LogP contribution is 2.35. The first-order valence-corrected chi connectivity index (χ1v) is 9.85. The van der Waals surface area contributed by atoms with Crippen molar-refractivity contribution in [3.63, 3.8) is 0 Å². The van der Waals surface area contributed by atoms with Crippen molar-refractivity contribution in [3.05, 3.63) is 35.4 Å². The summed E-state index contributed by atoms with van der Waals surface area (Å²) in [6, 6.07) is 8.67. The van der Waals surface area contributed by atoms with Gasteiger partial charge in [-0.05, 0) is 37.3 Å². The van der Waals surface area contributed by atoms with Gasteiger partial charge in [0.05, 0.1) is 5.60 Å². The van der Waals surface area contributed by atoms with E-state index in [9.17, 15) is 9.13 Å². The normalized spacial score (nSPS) is 12.3. The molecule has 0 aliphatic carbocycles. The maximum absolute atomic E-state index is 9.39. The van der Waals surface area contributed by atoms with E-state index in [4.69, 9.17) is 14.5 Å². The lowest BCUT2D eigenvalue weighted by atomic mass is 9.84. The van der Waals surface area contributed by atoms with Gasteiger partial charge in [0.1, 0.15) is 0 Å². The number of benzene rings is 1. The van der Waals surface area contributed by atoms with Gasteiger partial charge >= 0.3 is 16.5 Å². The molecule has 0 heterocycles. The van der Waals surface area contributed by atoms with Crippen molar-refractivity contribution in [1.82, 2.24) is 0 Å². The van der Waals surface area contributed by atoms with Crippen molar-refractivity contribution in [2.45, 2.75) is 52.6 Å². The third-order valence-electron chi connectivity index (χ3n) is 3.59. The molecule has 0 amide bonds. The van der Waals surface area contributed by atoms with Gasteiger partial charge in [-0.15, -0.1) is 9.79 Å². The lowest BCUT2D eigenvalue weighted by molar-refractivity contribution is -0.0511. The number of ether oxygens (including phenoxy) is 1. The molecular weight excluding hydrogens is 338 g/mol. The van der Waals surface area contributed by atoms with Crippen LogP contribution in [0.25, 0.3) is 0 Å². The summed E-state index contributed by atoms with van der Waals surface area (Å²) in [5.74, 6) is 0. The zero-order chi connectivity index (χ0) is 17.9. The van der Waals surface area contributed by atoms with Crippen molar-refractivity contribution < 1.29 is 28.0 Å². The van der Waals surface area contributed by atoms with Crippen LogP contribution in [0.2, 0.25) is 0 Å². The number of aryl methyl sites for hydroxylation is 1. The second-order valence-electron chi connectivity index (χ2n) is 4.70. The highest BCUT2D eigenvalue weighted by Gasteiger charge is 2.32. The van der Waals surface area contributed by atoms with Gasteiger partial charge in [-0.2, -0.15) is 0 Å². The molecule has 0 aliphatic heterocycles. The fourth-order valence-electron chi connectivity index (χ4n) is 2.52. The smallest absolute Gasteiger partial charge is 0.371 e. The van der Waals surface area contributed by atoms with Gasteiger partial charge in [-0.1, -0.05) is 45.0 Å². The highest BCUT2D eigenvalue weighted by molar-refractivity contribution is 7.46. The molecule has 1 aromatic rings. The van der Waals surface area contributed by atoms with Crippen LogP contribution in [0.4, 0.5) is 0 Å². The molecule has 1 rings (SSSR count). The monoisotopic (exact) mass is 364 g/mol. The van der Waals surface area contributed by atoms with Crippen LogP contribution in [-0.4, -0.2) is 16.4 Å². The van der Waals surface area contributed by atoms with Crippen LogP contribution in [0.5, 0.6) is 0 Å². The lowest BCUT2D eigenvalue weighted by Crippen LogP contribution is -2.29. The second-order valence-corrected chi connectivity index (χ2v) is 6.31. The summed E-state index contributed by atoms with van der Waals surface area (Å²) < 4.78 is 28.2. The van der Waals surface area contributed by atoms with Crippen molar-refractivity contribution in [2.24, 2.45) is 0 Å². The Kier molecular flexibility index (Phi) is 11.4. The summed E-state index contributed by atoms with van der Waals surface area (Å²) in [5, 5.41) is 0. The van der Waals surface area contributed by atoms with E-state index >= 15 is 0 Å². The van der Waals surface area contributed by atoms with Gasteiger partial charge in [0.2, 0.25) is 0 Å². The predicted molar refractivity (Wildman–Crippen MR) is 90.4 cm³/mol. The molecule has 1 aromatic carbocycles. The average molecular weight is 364 g/mol. The third kappa shape index (κ3) is 7.58. The maximum Gasteiger partial charge on any atom is 0.745 e. The Morgan fingerprint density at radius 1 is 1.00 bits per heavy atom. The van der Waals surface area contributed by atoms with Crippen LogP contribution in [0.15, 0.2) is 24.3 Å². The second kappa shape index (κ2) is 11.7. The molecule has 8 heteroatoms. The van der Waals surface area contributed by atoms with Crippen LogP contribution >= 0.6 is 16.5 Å². The fourth-order valence-corrected chi connectivity index (χ4v) is 3.00. The number of hydrogen-bond donors (Lipinski definition) is 2. The van der Waals surface area contributed by atoms with Crippen LogP contribution in [0.3, 0.4) is 0 Å². The van der Waals surface area contributed by atoms with E-state index in [0.717, 1.165) is 25.9 Å². The molecule has 0 fully saturated rings. The molecule has 6 nitrogen and oxygen atoms in total. The molecule has 130 valence electrons. The molecule has 2 N–H and O–H groups in total. The molecule has 2 atom stereocenters. The first-order valence-electron chi connectivity index (χ1n) is 7.59. The predicted octanol–water partition coefficient (Wildman–Crippen LogP) is 4.60. The Bertz CT molecular complexity index is 490. The van der Waals surface area contributed by atoms with Gasteiger partial charge in [0, 0.05) is 15.7 Å². The third-order valence-corrected chi connectivity index (χ3v) is 4.71. The maximum atomic E-state index is 9.39. The summed E-state index contributed by atoms with van der Waals surface area (Å²) in [7, 11) is -5.85. The van der Waals surface area contributed by atoms with E-state index < -0.39 is 16.5 Å². The Hall–Kier alpha value is -0.740. The van der Waals surface area contributed by atoms with Crippen molar-refractivity contribution >= 4 is 16.5 Å². The standard InChI is InChI=1S/C15H24O.O5P2/c1-5-13-11-9-10-12-14(13)15(6-2,7-3)16-8-4;1-6(2)5-7(3)4/h9-12H,5-8H2,1-4H3;/p+2. The molecule has 0 aromatic heterocycles. The largest absolute Gasteiger partial charge is 0.745 e. The topological polar surface area (TPSA) is 93.1 Å². The summed E-state index contributed by atoms with van der Waals surface area (Å²) in [4.78, 5) is 15.3. The molecule has 0 saturated carbocycles. The van der Waals surface area contributed by atoms with E-state index in [2.05, 4.69) is 56.3 Å². The summed E-state index contributed by atoms with van der Waals surface area (Å²) in [5.41, 5.74) is 2.71. The lowest BCUT2D eigenvalue weighted by Gasteiger charge is -2.34. The van der Waals surface area contributed by atoms with E-state index in [1.807, 2.05) is 0 Å². The van der Waals surface area contributed by atoms with E-state index in [1.54, 1.807) is 0 Å². The zero-order valence-corrected chi connectivity index (χ0v) is 15.8. The number of hydrogen-bond acceptors (Lipinski definition) is 4. The quantitative estimate of drug-likeness (QED) is 0.655. The summed E-state index contributed by atoms with van der Waals surface area (Å²) in [6.45, 7) is 9.49. The van der Waals surface area contributed by atoms with Gasteiger partial charge in [0.25, 0.3) is 0 Å². The number of rotatable bonds is 8. The molecule has 0 bridgehead atoms. The zero-order valence-electron chi connectivity index (χ0n) is 14.1. The Morgan fingerprint density at radius 3 is 1.87 bits per heavy atom. The van der Waals surface area contributed by atoms with Crippen LogP contribution < -0.4 is 0 Å². The van der Waals surface area contributed by atoms with Crippen LogP contribution in [0, 0.1) is 0 Å². The summed E-state index contributed by atoms with van der Waals surface area (Å²) >= 11 is 0. The average Bonchev–Trinajstić information content (AvgIpc) is 2.52. The molecule has 0 aliphatic rings. The van der Waals surface area contributed by atoms with E-state index in [1.165, 1.54) is 11.1 Å². The molecule has 0 saturated heterocycles. The van der Waals surface area contributed by atoms with Crippen molar-refractivity contribution in [3.8, 4) is 0 Å². The van der Waals surface area contributed by atoms with Gasteiger partial charge < -0.3 is 4.74 Å².